The van der Waals surface area contributed by atoms with Crippen LogP contribution in [0.4, 0.5) is 0 Å². The highest BCUT2D eigenvalue weighted by Gasteiger charge is 2.33. The predicted molar refractivity (Wildman–Crippen MR) is 71.6 cm³/mol. The SMILES string of the molecule is CCN(CC(C)C)C(=O)C1CC(C)CCC1N. The molecule has 0 aromatic rings. The zero-order valence-corrected chi connectivity index (χ0v) is 11.8. The Labute approximate surface area is 106 Å². The average Bonchev–Trinajstić information content (AvgIpc) is 2.28. The molecule has 3 nitrogen and oxygen atoms in total. The molecule has 0 aromatic heterocycles. The van der Waals surface area contributed by atoms with Crippen molar-refractivity contribution in [3.63, 3.8) is 0 Å². The fourth-order valence-corrected chi connectivity index (χ4v) is 2.74. The summed E-state index contributed by atoms with van der Waals surface area (Å²) in [5, 5.41) is 0. The van der Waals surface area contributed by atoms with E-state index in [-0.39, 0.29) is 17.9 Å². The van der Waals surface area contributed by atoms with Crippen molar-refractivity contribution in [2.45, 2.75) is 53.0 Å². The van der Waals surface area contributed by atoms with Crippen LogP contribution in [0.5, 0.6) is 0 Å². The molecular weight excluding hydrogens is 212 g/mol. The van der Waals surface area contributed by atoms with Crippen LogP contribution in [0.25, 0.3) is 0 Å². The minimum atomic E-state index is 0.0532. The van der Waals surface area contributed by atoms with E-state index in [1.807, 2.05) is 4.90 Å². The first kappa shape index (κ1) is 14.5. The smallest absolute Gasteiger partial charge is 0.227 e. The Kier molecular flexibility index (Phi) is 5.44. The summed E-state index contributed by atoms with van der Waals surface area (Å²) in [5.41, 5.74) is 6.12. The molecule has 3 atom stereocenters. The Morgan fingerprint density at radius 3 is 2.59 bits per heavy atom. The van der Waals surface area contributed by atoms with Gasteiger partial charge in [-0.25, -0.2) is 0 Å². The molecule has 1 fully saturated rings. The zero-order chi connectivity index (χ0) is 13.0. The largest absolute Gasteiger partial charge is 0.342 e. The average molecular weight is 240 g/mol. The zero-order valence-electron chi connectivity index (χ0n) is 11.8. The molecule has 0 heterocycles. The van der Waals surface area contributed by atoms with Crippen LogP contribution in [-0.2, 0) is 4.79 Å². The van der Waals surface area contributed by atoms with E-state index in [0.29, 0.717) is 11.8 Å². The number of carbonyl (C=O) groups is 1. The van der Waals surface area contributed by atoms with Crippen LogP contribution in [0.3, 0.4) is 0 Å². The number of nitrogens with zero attached hydrogens (tertiary/aromatic N) is 1. The lowest BCUT2D eigenvalue weighted by atomic mass is 9.78. The molecule has 0 bridgehead atoms. The van der Waals surface area contributed by atoms with Crippen molar-refractivity contribution in [2.75, 3.05) is 13.1 Å². The van der Waals surface area contributed by atoms with Gasteiger partial charge >= 0.3 is 0 Å². The molecule has 100 valence electrons. The van der Waals surface area contributed by atoms with E-state index in [9.17, 15) is 4.79 Å². The van der Waals surface area contributed by atoms with E-state index in [0.717, 1.165) is 25.9 Å². The molecule has 0 radical (unpaired) electrons. The summed E-state index contributed by atoms with van der Waals surface area (Å²) in [6.45, 7) is 10.2. The van der Waals surface area contributed by atoms with Gasteiger partial charge in [-0.05, 0) is 38.0 Å². The summed E-state index contributed by atoms with van der Waals surface area (Å²) in [4.78, 5) is 14.4. The third-order valence-corrected chi connectivity index (χ3v) is 3.76. The van der Waals surface area contributed by atoms with Crippen molar-refractivity contribution in [3.8, 4) is 0 Å². The molecule has 0 aromatic carbocycles. The lowest BCUT2D eigenvalue weighted by Crippen LogP contribution is -2.47. The minimum absolute atomic E-state index is 0.0532. The van der Waals surface area contributed by atoms with Crippen LogP contribution in [0.15, 0.2) is 0 Å². The van der Waals surface area contributed by atoms with Crippen LogP contribution in [-0.4, -0.2) is 29.9 Å². The third-order valence-electron chi connectivity index (χ3n) is 3.76. The van der Waals surface area contributed by atoms with Gasteiger partial charge in [0.15, 0.2) is 0 Å². The molecule has 3 unspecified atom stereocenters. The maximum atomic E-state index is 12.5. The summed E-state index contributed by atoms with van der Waals surface area (Å²) < 4.78 is 0. The van der Waals surface area contributed by atoms with Gasteiger partial charge in [-0.1, -0.05) is 20.8 Å². The molecule has 3 heteroatoms. The number of carbonyl (C=O) groups excluding carboxylic acids is 1. The summed E-state index contributed by atoms with van der Waals surface area (Å²) in [7, 11) is 0. The highest BCUT2D eigenvalue weighted by Crippen LogP contribution is 2.29. The van der Waals surface area contributed by atoms with Crippen LogP contribution < -0.4 is 5.73 Å². The normalized spacial score (nSPS) is 29.4. The maximum absolute atomic E-state index is 12.5. The molecule has 1 aliphatic carbocycles. The Morgan fingerprint density at radius 2 is 2.06 bits per heavy atom. The van der Waals surface area contributed by atoms with Gasteiger partial charge < -0.3 is 10.6 Å². The molecule has 2 N–H and O–H groups in total. The van der Waals surface area contributed by atoms with Gasteiger partial charge in [0.1, 0.15) is 0 Å². The number of rotatable bonds is 4. The summed E-state index contributed by atoms with van der Waals surface area (Å²) in [5.74, 6) is 1.50. The minimum Gasteiger partial charge on any atom is -0.342 e. The van der Waals surface area contributed by atoms with Crippen molar-refractivity contribution >= 4 is 5.91 Å². The predicted octanol–water partition coefficient (Wildman–Crippen LogP) is 2.25. The molecule has 1 aliphatic rings. The number of nitrogens with two attached hydrogens (primary N) is 1. The first-order valence-corrected chi connectivity index (χ1v) is 7.00. The number of hydrogen-bond donors (Lipinski definition) is 1. The molecule has 1 saturated carbocycles. The van der Waals surface area contributed by atoms with Gasteiger partial charge in [-0.2, -0.15) is 0 Å². The quantitative estimate of drug-likeness (QED) is 0.819. The van der Waals surface area contributed by atoms with E-state index in [2.05, 4.69) is 27.7 Å². The van der Waals surface area contributed by atoms with E-state index in [4.69, 9.17) is 5.73 Å². The first-order chi connectivity index (χ1) is 7.95. The van der Waals surface area contributed by atoms with Crippen molar-refractivity contribution < 1.29 is 4.79 Å². The summed E-state index contributed by atoms with van der Waals surface area (Å²) in [6.07, 6.45) is 3.13. The lowest BCUT2D eigenvalue weighted by molar-refractivity contribution is -0.138. The second-order valence-corrected chi connectivity index (χ2v) is 5.96. The van der Waals surface area contributed by atoms with E-state index in [1.165, 1.54) is 6.42 Å². The molecule has 0 spiro atoms. The molecule has 1 amide bonds. The van der Waals surface area contributed by atoms with Gasteiger partial charge in [0.05, 0.1) is 5.92 Å². The summed E-state index contributed by atoms with van der Waals surface area (Å²) in [6, 6.07) is 0.0694. The van der Waals surface area contributed by atoms with E-state index in [1.54, 1.807) is 0 Å². The third kappa shape index (κ3) is 3.98. The highest BCUT2D eigenvalue weighted by atomic mass is 16.2. The molecule has 0 saturated heterocycles. The molecule has 17 heavy (non-hydrogen) atoms. The summed E-state index contributed by atoms with van der Waals surface area (Å²) >= 11 is 0. The Morgan fingerprint density at radius 1 is 1.41 bits per heavy atom. The van der Waals surface area contributed by atoms with Gasteiger partial charge in [-0.3, -0.25) is 4.79 Å². The van der Waals surface area contributed by atoms with Crippen LogP contribution in [0.2, 0.25) is 0 Å². The molecule has 0 aliphatic heterocycles. The number of amides is 1. The van der Waals surface area contributed by atoms with Gasteiger partial charge in [0, 0.05) is 19.1 Å². The molecular formula is C14H28N2O. The van der Waals surface area contributed by atoms with E-state index >= 15 is 0 Å². The fraction of sp³-hybridized carbons (Fsp3) is 0.929. The van der Waals surface area contributed by atoms with E-state index < -0.39 is 0 Å². The van der Waals surface area contributed by atoms with Crippen molar-refractivity contribution in [1.82, 2.24) is 4.90 Å². The fourth-order valence-electron chi connectivity index (χ4n) is 2.74. The monoisotopic (exact) mass is 240 g/mol. The van der Waals surface area contributed by atoms with Gasteiger partial charge in [-0.15, -0.1) is 0 Å². The number of hydrogen-bond acceptors (Lipinski definition) is 2. The van der Waals surface area contributed by atoms with Gasteiger partial charge in [0.2, 0.25) is 5.91 Å². The first-order valence-electron chi connectivity index (χ1n) is 7.00. The van der Waals surface area contributed by atoms with Crippen LogP contribution >= 0.6 is 0 Å². The second kappa shape index (κ2) is 6.39. The topological polar surface area (TPSA) is 46.3 Å². The Hall–Kier alpha value is -0.570. The standard InChI is InChI=1S/C14H28N2O/c1-5-16(9-10(2)3)14(17)12-8-11(4)6-7-13(12)15/h10-13H,5-9,15H2,1-4H3. The lowest BCUT2D eigenvalue weighted by Gasteiger charge is -2.35. The van der Waals surface area contributed by atoms with Crippen molar-refractivity contribution in [2.24, 2.45) is 23.5 Å². The van der Waals surface area contributed by atoms with Gasteiger partial charge in [0.25, 0.3) is 0 Å². The highest BCUT2D eigenvalue weighted by molar-refractivity contribution is 5.79. The van der Waals surface area contributed by atoms with Crippen molar-refractivity contribution in [3.05, 3.63) is 0 Å². The molecule has 1 rings (SSSR count). The van der Waals surface area contributed by atoms with Crippen molar-refractivity contribution in [1.29, 1.82) is 0 Å². The van der Waals surface area contributed by atoms with Crippen LogP contribution in [0.1, 0.15) is 47.0 Å². The second-order valence-electron chi connectivity index (χ2n) is 5.96. The van der Waals surface area contributed by atoms with Crippen LogP contribution in [0, 0.1) is 17.8 Å². The Balaban J connectivity index is 2.65. The maximum Gasteiger partial charge on any atom is 0.227 e. The Bertz CT molecular complexity index is 253.